The molecule has 3 aromatic rings. The van der Waals surface area contributed by atoms with E-state index in [1.807, 2.05) is 42.1 Å². The van der Waals surface area contributed by atoms with Crippen LogP contribution in [0.15, 0.2) is 58.3 Å². The van der Waals surface area contributed by atoms with Crippen molar-refractivity contribution >= 4 is 29.9 Å². The first-order chi connectivity index (χ1) is 13.6. The number of nitrogens with zero attached hydrogens (tertiary/aromatic N) is 4. The number of hydrogen-bond acceptors (Lipinski definition) is 4. The lowest BCUT2D eigenvalue weighted by atomic mass is 10.1. The Morgan fingerprint density at radius 1 is 1.21 bits per heavy atom. The van der Waals surface area contributed by atoms with Crippen molar-refractivity contribution in [2.75, 3.05) is 6.54 Å². The Balaban J connectivity index is 0.00000300. The molecule has 0 aliphatic rings. The van der Waals surface area contributed by atoms with E-state index in [9.17, 15) is 0 Å². The molecule has 1 atom stereocenters. The van der Waals surface area contributed by atoms with Crippen molar-refractivity contribution in [3.63, 3.8) is 0 Å². The first kappa shape index (κ1) is 22.9. The molecule has 1 aromatic carbocycles. The van der Waals surface area contributed by atoms with Gasteiger partial charge in [0, 0.05) is 25.0 Å². The van der Waals surface area contributed by atoms with Crippen molar-refractivity contribution in [1.82, 2.24) is 25.6 Å². The van der Waals surface area contributed by atoms with Gasteiger partial charge in [0.1, 0.15) is 6.54 Å². The quantitative estimate of drug-likeness (QED) is 0.281. The van der Waals surface area contributed by atoms with Crippen LogP contribution >= 0.6 is 24.0 Å². The lowest BCUT2D eigenvalue weighted by Gasteiger charge is -2.18. The number of aliphatic imine (C=N–C) groups is 1. The number of benzene rings is 1. The molecule has 2 heterocycles. The Kier molecular flexibility index (Phi) is 8.69. The Labute approximate surface area is 189 Å². The average Bonchev–Trinajstić information content (AvgIpc) is 3.38. The van der Waals surface area contributed by atoms with Gasteiger partial charge in [0.2, 0.25) is 0 Å². The fourth-order valence-electron chi connectivity index (χ4n) is 2.80. The highest BCUT2D eigenvalue weighted by molar-refractivity contribution is 14.0. The third-order valence-corrected chi connectivity index (χ3v) is 4.40. The monoisotopic (exact) mass is 508 g/mol. The number of nitrogens with one attached hydrogen (secondary N) is 2. The molecule has 2 aromatic heterocycles. The van der Waals surface area contributed by atoms with E-state index in [4.69, 9.17) is 4.52 Å². The van der Waals surface area contributed by atoms with Gasteiger partial charge in [-0.2, -0.15) is 5.10 Å². The van der Waals surface area contributed by atoms with Crippen LogP contribution in [0.2, 0.25) is 0 Å². The van der Waals surface area contributed by atoms with E-state index in [0.29, 0.717) is 12.5 Å². The summed E-state index contributed by atoms with van der Waals surface area (Å²) in [7, 11) is 0. The zero-order valence-corrected chi connectivity index (χ0v) is 19.6. The minimum atomic E-state index is 0. The first-order valence-electron chi connectivity index (χ1n) is 9.67. The normalized spacial score (nSPS) is 12.5. The summed E-state index contributed by atoms with van der Waals surface area (Å²) in [5, 5.41) is 15.1. The molecule has 0 bridgehead atoms. The number of aromatic nitrogens is 3. The summed E-state index contributed by atoms with van der Waals surface area (Å²) in [6.07, 6.45) is 3.71. The number of halogens is 1. The minimum Gasteiger partial charge on any atom is -0.359 e. The topological polar surface area (TPSA) is 80.3 Å². The molecule has 0 aliphatic carbocycles. The van der Waals surface area contributed by atoms with Crippen LogP contribution in [-0.4, -0.2) is 27.4 Å². The Morgan fingerprint density at radius 2 is 2.03 bits per heavy atom. The maximum atomic E-state index is 5.38. The van der Waals surface area contributed by atoms with Crippen molar-refractivity contribution in [1.29, 1.82) is 0 Å². The summed E-state index contributed by atoms with van der Waals surface area (Å²) in [4.78, 5) is 4.64. The predicted molar refractivity (Wildman–Crippen MR) is 126 cm³/mol. The summed E-state index contributed by atoms with van der Waals surface area (Å²) in [6.45, 7) is 9.56. The molecule has 29 heavy (non-hydrogen) atoms. The van der Waals surface area contributed by atoms with Gasteiger partial charge in [-0.3, -0.25) is 0 Å². The van der Waals surface area contributed by atoms with Crippen molar-refractivity contribution < 1.29 is 4.52 Å². The molecule has 156 valence electrons. The van der Waals surface area contributed by atoms with Gasteiger partial charge >= 0.3 is 0 Å². The van der Waals surface area contributed by atoms with E-state index in [1.165, 1.54) is 0 Å². The molecular weight excluding hydrogens is 479 g/mol. The second-order valence-corrected chi connectivity index (χ2v) is 6.98. The maximum absolute atomic E-state index is 5.38. The van der Waals surface area contributed by atoms with Crippen LogP contribution in [-0.2, 0) is 6.54 Å². The fraction of sp³-hybridized carbons (Fsp3) is 0.381. The zero-order chi connectivity index (χ0) is 19.9. The first-order valence-corrected chi connectivity index (χ1v) is 9.67. The third kappa shape index (κ3) is 6.31. The highest BCUT2D eigenvalue weighted by atomic mass is 127. The van der Waals surface area contributed by atoms with E-state index in [0.717, 1.165) is 35.2 Å². The van der Waals surface area contributed by atoms with Crippen LogP contribution in [0.25, 0.3) is 5.69 Å². The Bertz CT molecular complexity index is 904. The fourth-order valence-corrected chi connectivity index (χ4v) is 2.80. The molecule has 7 nitrogen and oxygen atoms in total. The molecule has 0 aliphatic heterocycles. The highest BCUT2D eigenvalue weighted by Gasteiger charge is 2.11. The van der Waals surface area contributed by atoms with Crippen LogP contribution in [0.5, 0.6) is 0 Å². The number of rotatable bonds is 7. The van der Waals surface area contributed by atoms with Crippen LogP contribution < -0.4 is 10.6 Å². The molecule has 1 unspecified atom stereocenters. The van der Waals surface area contributed by atoms with Gasteiger partial charge in [-0.15, -0.1) is 24.0 Å². The SMILES string of the molecule is CCNC(=NCc1cc(C(C)C)no1)NC(C)c1cccc(-n2cccn2)c1.I. The van der Waals surface area contributed by atoms with E-state index in [2.05, 4.69) is 58.8 Å². The lowest BCUT2D eigenvalue weighted by molar-refractivity contribution is 0.376. The average molecular weight is 508 g/mol. The second-order valence-electron chi connectivity index (χ2n) is 6.98. The Morgan fingerprint density at radius 3 is 2.69 bits per heavy atom. The van der Waals surface area contributed by atoms with Crippen molar-refractivity contribution in [2.45, 2.75) is 46.2 Å². The van der Waals surface area contributed by atoms with E-state index in [1.54, 1.807) is 6.20 Å². The number of hydrogen-bond donors (Lipinski definition) is 2. The highest BCUT2D eigenvalue weighted by Crippen LogP contribution is 2.17. The van der Waals surface area contributed by atoms with Gasteiger partial charge in [-0.05, 0) is 43.5 Å². The molecule has 8 heteroatoms. The molecule has 2 N–H and O–H groups in total. The lowest BCUT2D eigenvalue weighted by Crippen LogP contribution is -2.38. The van der Waals surface area contributed by atoms with Crippen molar-refractivity contribution in [3.8, 4) is 5.69 Å². The van der Waals surface area contributed by atoms with Crippen LogP contribution in [0.4, 0.5) is 0 Å². The summed E-state index contributed by atoms with van der Waals surface area (Å²) in [6, 6.07) is 12.3. The molecular formula is C21H29IN6O. The zero-order valence-electron chi connectivity index (χ0n) is 17.3. The van der Waals surface area contributed by atoms with Crippen molar-refractivity contribution in [3.05, 3.63) is 65.8 Å². The van der Waals surface area contributed by atoms with Gasteiger partial charge in [-0.1, -0.05) is 31.1 Å². The van der Waals surface area contributed by atoms with Crippen LogP contribution in [0, 0.1) is 0 Å². The summed E-state index contributed by atoms with van der Waals surface area (Å²) in [5.41, 5.74) is 3.13. The molecule has 0 radical (unpaired) electrons. The molecule has 0 spiro atoms. The molecule has 0 saturated heterocycles. The summed E-state index contributed by atoms with van der Waals surface area (Å²) >= 11 is 0. The van der Waals surface area contributed by atoms with E-state index >= 15 is 0 Å². The molecule has 0 saturated carbocycles. The maximum Gasteiger partial charge on any atom is 0.192 e. The standard InChI is InChI=1S/C21H28N6O.HI/c1-5-22-21(23-14-19-13-20(15(2)3)26-28-19)25-16(4)17-8-6-9-18(12-17)27-11-7-10-24-27;/h6-13,15-16H,5,14H2,1-4H3,(H2,22,23,25);1H. The summed E-state index contributed by atoms with van der Waals surface area (Å²) in [5.74, 6) is 1.84. The summed E-state index contributed by atoms with van der Waals surface area (Å²) < 4.78 is 7.23. The number of guanidine groups is 1. The minimum absolute atomic E-state index is 0. The van der Waals surface area contributed by atoms with Gasteiger partial charge < -0.3 is 15.2 Å². The Hall–Kier alpha value is -2.36. The van der Waals surface area contributed by atoms with E-state index in [-0.39, 0.29) is 30.0 Å². The molecule has 3 rings (SSSR count). The molecule has 0 fully saturated rings. The third-order valence-electron chi connectivity index (χ3n) is 4.40. The van der Waals surface area contributed by atoms with Gasteiger partial charge in [0.15, 0.2) is 11.7 Å². The van der Waals surface area contributed by atoms with Crippen LogP contribution in [0.1, 0.15) is 56.7 Å². The molecule has 0 amide bonds. The van der Waals surface area contributed by atoms with Crippen LogP contribution in [0.3, 0.4) is 0 Å². The van der Waals surface area contributed by atoms with Crippen molar-refractivity contribution in [2.24, 2.45) is 4.99 Å². The van der Waals surface area contributed by atoms with Gasteiger partial charge in [-0.25, -0.2) is 9.67 Å². The van der Waals surface area contributed by atoms with Gasteiger partial charge in [0.25, 0.3) is 0 Å². The second kappa shape index (κ2) is 11.0. The van der Waals surface area contributed by atoms with Gasteiger partial charge in [0.05, 0.1) is 17.4 Å². The predicted octanol–water partition coefficient (Wildman–Crippen LogP) is 4.42. The smallest absolute Gasteiger partial charge is 0.192 e. The van der Waals surface area contributed by atoms with E-state index < -0.39 is 0 Å². The largest absolute Gasteiger partial charge is 0.359 e.